The average Bonchev–Trinajstić information content (AvgIpc) is 3.35. The molecule has 4 aliphatic carbocycles. The van der Waals surface area contributed by atoms with E-state index in [0.717, 1.165) is 194 Å². The zero-order chi connectivity index (χ0) is 46.3. The van der Waals surface area contributed by atoms with Gasteiger partial charge in [-0.3, -0.25) is 4.79 Å². The molecule has 0 bridgehead atoms. The van der Waals surface area contributed by atoms with Crippen molar-refractivity contribution in [1.82, 2.24) is 0 Å². The van der Waals surface area contributed by atoms with Crippen molar-refractivity contribution >= 4 is 11.9 Å². The first-order valence-corrected chi connectivity index (χ1v) is 26.9. The van der Waals surface area contributed by atoms with Crippen molar-refractivity contribution in [3.8, 4) is 11.8 Å². The standard InChI is InChI=1S/C54H89FO11/c1-2-52(56)61-37-13-6-3-10-36-60-49-31-25-46(26-32-49)54(57)64-40-15-8-5-12-34-58-47-27-20-43(21-28-47)18-19-44-24-33-51(50(55)41-44)66-65-42-45-22-29-48(30-23-45)59-35-11-4-7-14-38-62-53-17-9-16-39-63-53/h2,43-51,53H,1,3-17,20-42H2. The zero-order valence-electron chi connectivity index (χ0n) is 40.8. The van der Waals surface area contributed by atoms with Crippen LogP contribution in [-0.4, -0.2) is 102 Å². The van der Waals surface area contributed by atoms with Gasteiger partial charge < -0.3 is 33.2 Å². The highest BCUT2D eigenvalue weighted by molar-refractivity contribution is 5.81. The van der Waals surface area contributed by atoms with E-state index in [0.29, 0.717) is 56.7 Å². The van der Waals surface area contributed by atoms with E-state index in [1.165, 1.54) is 25.3 Å². The lowest BCUT2D eigenvalue weighted by Gasteiger charge is -2.31. The van der Waals surface area contributed by atoms with Crippen LogP contribution >= 0.6 is 0 Å². The van der Waals surface area contributed by atoms with Gasteiger partial charge in [0, 0.05) is 50.9 Å². The summed E-state index contributed by atoms with van der Waals surface area (Å²) in [6, 6.07) is 0. The fourth-order valence-corrected chi connectivity index (χ4v) is 10.1. The van der Waals surface area contributed by atoms with Crippen LogP contribution in [0.2, 0.25) is 0 Å². The number of rotatable bonds is 31. The van der Waals surface area contributed by atoms with E-state index in [1.54, 1.807) is 0 Å². The summed E-state index contributed by atoms with van der Waals surface area (Å²) in [6.45, 7) is 8.84. The predicted octanol–water partition coefficient (Wildman–Crippen LogP) is 11.7. The highest BCUT2D eigenvalue weighted by Gasteiger charge is 2.33. The number of hydrogen-bond donors (Lipinski definition) is 0. The van der Waals surface area contributed by atoms with Gasteiger partial charge >= 0.3 is 11.9 Å². The van der Waals surface area contributed by atoms with E-state index < -0.39 is 12.3 Å². The molecule has 5 fully saturated rings. The van der Waals surface area contributed by atoms with Gasteiger partial charge in [-0.1, -0.05) is 44.1 Å². The second kappa shape index (κ2) is 34.2. The van der Waals surface area contributed by atoms with Crippen molar-refractivity contribution in [3.63, 3.8) is 0 Å². The summed E-state index contributed by atoms with van der Waals surface area (Å²) in [5.41, 5.74) is 0. The molecule has 1 aliphatic heterocycles. The van der Waals surface area contributed by atoms with Crippen LogP contribution in [-0.2, 0) is 52.5 Å². The summed E-state index contributed by atoms with van der Waals surface area (Å²) in [5, 5.41) is 0. The summed E-state index contributed by atoms with van der Waals surface area (Å²) in [4.78, 5) is 35.0. The monoisotopic (exact) mass is 933 g/mol. The van der Waals surface area contributed by atoms with Crippen LogP contribution in [0.5, 0.6) is 0 Å². The van der Waals surface area contributed by atoms with E-state index in [9.17, 15) is 9.59 Å². The van der Waals surface area contributed by atoms with Crippen molar-refractivity contribution in [1.29, 1.82) is 0 Å². The summed E-state index contributed by atoms with van der Waals surface area (Å²) in [7, 11) is 0. The van der Waals surface area contributed by atoms with Crippen LogP contribution in [0.15, 0.2) is 12.7 Å². The number of alkyl halides is 1. The first kappa shape index (κ1) is 54.8. The number of unbranched alkanes of at least 4 members (excludes halogenated alkanes) is 9. The van der Waals surface area contributed by atoms with Crippen LogP contribution in [0.1, 0.15) is 193 Å². The number of hydrogen-bond acceptors (Lipinski definition) is 11. The first-order valence-electron chi connectivity index (χ1n) is 26.9. The van der Waals surface area contributed by atoms with Gasteiger partial charge in [0.25, 0.3) is 0 Å². The molecule has 378 valence electrons. The van der Waals surface area contributed by atoms with E-state index in [-0.39, 0.29) is 36.2 Å². The maximum atomic E-state index is 15.1. The maximum absolute atomic E-state index is 15.1. The van der Waals surface area contributed by atoms with Crippen LogP contribution in [0.25, 0.3) is 0 Å². The molecular formula is C54H89FO11. The Balaban J connectivity index is 0.766. The minimum absolute atomic E-state index is 0.00184. The lowest BCUT2D eigenvalue weighted by Crippen LogP contribution is -2.33. The second-order valence-electron chi connectivity index (χ2n) is 19.9. The molecule has 1 heterocycles. The molecule has 5 rings (SSSR count). The molecular weight excluding hydrogens is 844 g/mol. The van der Waals surface area contributed by atoms with Crippen molar-refractivity contribution in [3.05, 3.63) is 12.7 Å². The fraction of sp³-hybridized carbons (Fsp3) is 0.889. The van der Waals surface area contributed by atoms with Gasteiger partial charge in [-0.25, -0.2) is 19.0 Å². The average molecular weight is 933 g/mol. The second-order valence-corrected chi connectivity index (χ2v) is 19.9. The molecule has 0 aromatic heterocycles. The minimum Gasteiger partial charge on any atom is -0.465 e. The summed E-state index contributed by atoms with van der Waals surface area (Å²) >= 11 is 0. The van der Waals surface area contributed by atoms with Crippen LogP contribution in [0.4, 0.5) is 4.39 Å². The summed E-state index contributed by atoms with van der Waals surface area (Å²) in [5.74, 6) is 7.43. The Hall–Kier alpha value is -2.11. The van der Waals surface area contributed by atoms with Crippen LogP contribution in [0, 0.1) is 35.5 Å². The third-order valence-electron chi connectivity index (χ3n) is 14.4. The number of carbonyl (C=O) groups is 2. The van der Waals surface area contributed by atoms with E-state index in [2.05, 4.69) is 18.4 Å². The Morgan fingerprint density at radius 3 is 1.64 bits per heavy atom. The van der Waals surface area contributed by atoms with E-state index in [1.807, 2.05) is 0 Å². The predicted molar refractivity (Wildman–Crippen MR) is 253 cm³/mol. The zero-order valence-corrected chi connectivity index (χ0v) is 40.8. The number of esters is 2. The normalized spacial score (nSPS) is 29.3. The molecule has 4 unspecified atom stereocenters. The van der Waals surface area contributed by atoms with Gasteiger partial charge in [0.05, 0.1) is 44.1 Å². The highest BCUT2D eigenvalue weighted by Crippen LogP contribution is 2.32. The number of ether oxygens (including phenoxy) is 7. The summed E-state index contributed by atoms with van der Waals surface area (Å²) < 4.78 is 55.7. The quantitative estimate of drug-likeness (QED) is 0.0165. The number of carbonyl (C=O) groups excluding carboxylic acids is 2. The topological polar surface area (TPSA) is 117 Å². The van der Waals surface area contributed by atoms with Gasteiger partial charge in [-0.05, 0) is 173 Å². The molecule has 0 aromatic carbocycles. The molecule has 0 N–H and O–H groups in total. The Morgan fingerprint density at radius 1 is 0.561 bits per heavy atom. The van der Waals surface area contributed by atoms with Crippen molar-refractivity contribution in [2.75, 3.05) is 52.9 Å². The van der Waals surface area contributed by atoms with Gasteiger partial charge in [-0.15, -0.1) is 0 Å². The third kappa shape index (κ3) is 23.5. The van der Waals surface area contributed by atoms with Gasteiger partial charge in [0.1, 0.15) is 12.3 Å². The highest BCUT2D eigenvalue weighted by atomic mass is 19.1. The third-order valence-corrected chi connectivity index (χ3v) is 14.4. The SMILES string of the molecule is C=CC(=O)OCCCCCCOC1CCC(C(=O)OCCCCCCOC2CCC(C#CC3CCC(OOCC4CCC(OCCCCCCOC5CCCCO5)CC4)C(F)C3)CC2)CC1. The lowest BCUT2D eigenvalue weighted by atomic mass is 9.84. The first-order chi connectivity index (χ1) is 32.4. The van der Waals surface area contributed by atoms with Crippen LogP contribution in [0.3, 0.4) is 0 Å². The molecule has 11 nitrogen and oxygen atoms in total. The Kier molecular flexibility index (Phi) is 28.4. The Morgan fingerprint density at radius 2 is 1.08 bits per heavy atom. The van der Waals surface area contributed by atoms with Crippen molar-refractivity contribution in [2.45, 2.75) is 230 Å². The smallest absolute Gasteiger partial charge is 0.330 e. The van der Waals surface area contributed by atoms with E-state index in [4.69, 9.17) is 42.9 Å². The molecule has 4 saturated carbocycles. The Labute approximate surface area is 398 Å². The van der Waals surface area contributed by atoms with E-state index >= 15 is 4.39 Å². The van der Waals surface area contributed by atoms with Gasteiger partial charge in [0.2, 0.25) is 0 Å². The van der Waals surface area contributed by atoms with Gasteiger partial charge in [-0.2, -0.15) is 0 Å². The molecule has 0 spiro atoms. The van der Waals surface area contributed by atoms with Crippen molar-refractivity contribution < 1.29 is 56.9 Å². The van der Waals surface area contributed by atoms with Crippen LogP contribution < -0.4 is 0 Å². The molecule has 0 radical (unpaired) electrons. The lowest BCUT2D eigenvalue weighted by molar-refractivity contribution is -0.344. The Bertz CT molecular complexity index is 1340. The number of halogens is 1. The fourth-order valence-electron chi connectivity index (χ4n) is 10.1. The summed E-state index contributed by atoms with van der Waals surface area (Å²) in [6.07, 6.45) is 30.3. The van der Waals surface area contributed by atoms with Crippen molar-refractivity contribution in [2.24, 2.45) is 23.7 Å². The molecule has 12 heteroatoms. The molecule has 4 atom stereocenters. The largest absolute Gasteiger partial charge is 0.465 e. The van der Waals surface area contributed by atoms with Gasteiger partial charge in [0.15, 0.2) is 6.29 Å². The minimum atomic E-state index is -1.04. The molecule has 1 saturated heterocycles. The molecule has 0 amide bonds. The molecule has 66 heavy (non-hydrogen) atoms. The molecule has 5 aliphatic rings. The maximum Gasteiger partial charge on any atom is 0.330 e. The molecule has 0 aromatic rings.